The molecular formula is C45H39NO6. The molecule has 1 aliphatic heterocycles. The smallest absolute Gasteiger partial charge is 0.238 e. The third-order valence-electron chi connectivity index (χ3n) is 11.7. The van der Waals surface area contributed by atoms with E-state index in [0.29, 0.717) is 29.0 Å². The summed E-state index contributed by atoms with van der Waals surface area (Å²) in [5.41, 5.74) is 3.74. The van der Waals surface area contributed by atoms with E-state index >= 15 is 9.59 Å². The highest BCUT2D eigenvalue weighted by molar-refractivity contribution is 6.31. The summed E-state index contributed by atoms with van der Waals surface area (Å²) in [7, 11) is 1.48. The van der Waals surface area contributed by atoms with Crippen LogP contribution >= 0.6 is 0 Å². The first-order chi connectivity index (χ1) is 25.3. The van der Waals surface area contributed by atoms with E-state index in [4.69, 9.17) is 4.74 Å². The van der Waals surface area contributed by atoms with Gasteiger partial charge >= 0.3 is 0 Å². The van der Waals surface area contributed by atoms with Crippen molar-refractivity contribution >= 4 is 40.7 Å². The molecule has 4 aliphatic rings. The lowest BCUT2D eigenvalue weighted by Gasteiger charge is -2.54. The van der Waals surface area contributed by atoms with Crippen LogP contribution in [0.15, 0.2) is 127 Å². The fourth-order valence-electron chi connectivity index (χ4n) is 9.26. The number of rotatable bonds is 7. The number of hydrogen-bond donors (Lipinski definition) is 1. The Bertz CT molecular complexity index is 2180. The Morgan fingerprint density at radius 1 is 0.865 bits per heavy atom. The monoisotopic (exact) mass is 689 g/mol. The van der Waals surface area contributed by atoms with Crippen molar-refractivity contribution in [3.63, 3.8) is 0 Å². The van der Waals surface area contributed by atoms with Gasteiger partial charge in [0.05, 0.1) is 30.0 Å². The molecule has 8 rings (SSSR count). The van der Waals surface area contributed by atoms with Crippen molar-refractivity contribution in [3.05, 3.63) is 149 Å². The molecule has 4 aromatic rings. The zero-order chi connectivity index (χ0) is 36.1. The van der Waals surface area contributed by atoms with Gasteiger partial charge in [-0.1, -0.05) is 110 Å². The van der Waals surface area contributed by atoms with Gasteiger partial charge in [-0.25, -0.2) is 0 Å². The Labute approximate surface area is 302 Å². The summed E-state index contributed by atoms with van der Waals surface area (Å²) in [5.74, 6) is -3.63. The molecule has 7 nitrogen and oxygen atoms in total. The molecule has 1 N–H and O–H groups in total. The van der Waals surface area contributed by atoms with Crippen LogP contribution in [-0.2, 0) is 31.0 Å². The van der Waals surface area contributed by atoms with Crippen LogP contribution in [0.25, 0.3) is 11.6 Å². The number of methoxy groups -OCH3 is 1. The quantitative estimate of drug-likeness (QED) is 0.159. The Morgan fingerprint density at radius 2 is 1.58 bits per heavy atom. The van der Waals surface area contributed by atoms with E-state index in [9.17, 15) is 14.7 Å². The largest absolute Gasteiger partial charge is 0.504 e. The van der Waals surface area contributed by atoms with E-state index in [1.807, 2.05) is 97.1 Å². The first-order valence-electron chi connectivity index (χ1n) is 17.9. The summed E-state index contributed by atoms with van der Waals surface area (Å²) in [6, 6.07) is 31.3. The number of ketones is 2. The number of phenolic OH excluding ortho intramolecular Hbond substituents is 1. The molecule has 2 fully saturated rings. The van der Waals surface area contributed by atoms with Crippen LogP contribution in [0.5, 0.6) is 11.5 Å². The van der Waals surface area contributed by atoms with Gasteiger partial charge in [0.15, 0.2) is 23.1 Å². The van der Waals surface area contributed by atoms with Crippen molar-refractivity contribution in [2.24, 2.45) is 29.6 Å². The average molecular weight is 690 g/mol. The Hall–Kier alpha value is -5.82. The molecular weight excluding hydrogens is 650 g/mol. The van der Waals surface area contributed by atoms with Crippen LogP contribution in [0.2, 0.25) is 0 Å². The number of allylic oxidation sites excluding steroid dienone is 5. The van der Waals surface area contributed by atoms with Crippen LogP contribution in [0.1, 0.15) is 42.0 Å². The summed E-state index contributed by atoms with van der Waals surface area (Å²) in [6.07, 6.45) is 8.87. The number of anilines is 1. The fraction of sp³-hybridized carbons (Fsp3) is 0.244. The minimum absolute atomic E-state index is 0.00386. The Balaban J connectivity index is 1.31. The first-order valence-corrected chi connectivity index (χ1v) is 17.9. The van der Waals surface area contributed by atoms with Crippen LogP contribution in [0, 0.1) is 29.6 Å². The molecule has 0 aromatic heterocycles. The highest BCUT2D eigenvalue weighted by Crippen LogP contribution is 2.61. The van der Waals surface area contributed by atoms with Crippen LogP contribution in [0.4, 0.5) is 5.69 Å². The number of aromatic hydroxyl groups is 1. The summed E-state index contributed by atoms with van der Waals surface area (Å²) in [5, 5.41) is 10.3. The van der Waals surface area contributed by atoms with Crippen molar-refractivity contribution < 1.29 is 29.0 Å². The predicted molar refractivity (Wildman–Crippen MR) is 199 cm³/mol. The summed E-state index contributed by atoms with van der Waals surface area (Å²) >= 11 is 0. The number of Topliss-reactive ketones (excluding diaryl/α,β-unsaturated/α-hetero) is 1. The van der Waals surface area contributed by atoms with E-state index in [1.54, 1.807) is 18.2 Å². The van der Waals surface area contributed by atoms with E-state index in [-0.39, 0.29) is 35.6 Å². The molecule has 0 spiro atoms. The summed E-state index contributed by atoms with van der Waals surface area (Å²) in [4.78, 5) is 60.1. The van der Waals surface area contributed by atoms with E-state index in [1.165, 1.54) is 18.1 Å². The molecule has 3 aliphatic carbocycles. The molecule has 7 heteroatoms. The molecule has 1 heterocycles. The predicted octanol–water partition coefficient (Wildman–Crippen LogP) is 7.54. The molecule has 6 atom stereocenters. The van der Waals surface area contributed by atoms with Crippen molar-refractivity contribution in [1.29, 1.82) is 0 Å². The number of fused-ring (bicyclic) bond motifs is 4. The number of aryl methyl sites for hydroxylation is 1. The summed E-state index contributed by atoms with van der Waals surface area (Å²) in [6.45, 7) is 2.06. The number of carbonyl (C=O) groups excluding carboxylic acids is 4. The number of hydrogen-bond acceptors (Lipinski definition) is 6. The van der Waals surface area contributed by atoms with Gasteiger partial charge in [-0.05, 0) is 77.8 Å². The normalized spacial score (nSPS) is 26.8. The second kappa shape index (κ2) is 13.1. The van der Waals surface area contributed by atoms with Gasteiger partial charge in [-0.3, -0.25) is 24.1 Å². The van der Waals surface area contributed by atoms with Crippen molar-refractivity contribution in [2.75, 3.05) is 12.0 Å². The number of ether oxygens (including phenoxy) is 1. The zero-order valence-corrected chi connectivity index (χ0v) is 29.1. The lowest BCUT2D eigenvalue weighted by molar-refractivity contribution is -0.135. The van der Waals surface area contributed by atoms with E-state index in [2.05, 4.69) is 13.0 Å². The second-order valence-corrected chi connectivity index (χ2v) is 14.2. The Morgan fingerprint density at radius 3 is 2.27 bits per heavy atom. The molecule has 0 bridgehead atoms. The molecule has 0 radical (unpaired) electrons. The molecule has 0 unspecified atom stereocenters. The molecule has 260 valence electrons. The van der Waals surface area contributed by atoms with Gasteiger partial charge < -0.3 is 9.84 Å². The molecule has 1 saturated carbocycles. The minimum Gasteiger partial charge on any atom is -0.504 e. The number of benzene rings is 4. The van der Waals surface area contributed by atoms with E-state index < -0.39 is 35.0 Å². The number of phenols is 1. The van der Waals surface area contributed by atoms with Crippen LogP contribution < -0.4 is 9.64 Å². The third kappa shape index (κ3) is 5.09. The van der Waals surface area contributed by atoms with Gasteiger partial charge in [0.1, 0.15) is 0 Å². The fourth-order valence-corrected chi connectivity index (χ4v) is 9.26. The van der Waals surface area contributed by atoms with Gasteiger partial charge in [-0.2, -0.15) is 0 Å². The SMILES string of the molecule is CCc1ccc(N2C(=O)[C@H]3[C@H](CC=C4[C@H]3C[C@H]3C(=O)C(c5ccccc5)=CC(=O)[C@@]3(c3ccccc3)[C@H]4C=Cc3ccc(O)c(OC)c3)C2=O)cc1. The molecule has 2 amide bonds. The number of imide groups is 1. The van der Waals surface area contributed by atoms with Crippen molar-refractivity contribution in [2.45, 2.75) is 31.6 Å². The topological polar surface area (TPSA) is 101 Å². The maximum absolute atomic E-state index is 15.1. The van der Waals surface area contributed by atoms with Crippen molar-refractivity contribution in [3.8, 4) is 11.5 Å². The number of amides is 2. The third-order valence-corrected chi connectivity index (χ3v) is 11.7. The summed E-state index contributed by atoms with van der Waals surface area (Å²) < 4.78 is 5.38. The second-order valence-electron chi connectivity index (χ2n) is 14.2. The van der Waals surface area contributed by atoms with Gasteiger partial charge in [-0.15, -0.1) is 0 Å². The van der Waals surface area contributed by atoms with Crippen LogP contribution in [-0.4, -0.2) is 35.6 Å². The Kier molecular flexibility index (Phi) is 8.37. The van der Waals surface area contributed by atoms with Crippen LogP contribution in [0.3, 0.4) is 0 Å². The molecule has 4 aromatic carbocycles. The average Bonchev–Trinajstić information content (AvgIpc) is 3.44. The molecule has 1 saturated heterocycles. The highest BCUT2D eigenvalue weighted by Gasteiger charge is 2.65. The van der Waals surface area contributed by atoms with Gasteiger partial charge in [0, 0.05) is 17.4 Å². The maximum Gasteiger partial charge on any atom is 0.238 e. The number of nitrogens with zero attached hydrogens (tertiary/aromatic N) is 1. The zero-order valence-electron chi connectivity index (χ0n) is 29.1. The maximum atomic E-state index is 15.1. The lowest BCUT2D eigenvalue weighted by atomic mass is 9.45. The highest BCUT2D eigenvalue weighted by atomic mass is 16.5. The van der Waals surface area contributed by atoms with E-state index in [0.717, 1.165) is 28.7 Å². The van der Waals surface area contributed by atoms with Gasteiger partial charge in [0.25, 0.3) is 0 Å². The number of carbonyl (C=O) groups is 4. The standard InChI is InChI=1S/C45H39NO6/c1-3-27-14-18-31(19-15-27)46-43(50)33-21-20-32-35(41(33)44(46)51)25-37-42(49)34(29-10-6-4-7-11-29)26-40(48)45(37,30-12-8-5-9-13-30)36(32)22-16-28-17-23-38(47)39(24-28)52-2/h4-20,22-24,26,33,35-37,41,47H,3,21,25H2,1-2H3/t33-,35+,36-,37-,41-,45-/m0/s1. The molecule has 52 heavy (non-hydrogen) atoms. The lowest BCUT2D eigenvalue weighted by Crippen LogP contribution is -2.59. The minimum atomic E-state index is -1.30. The van der Waals surface area contributed by atoms with Crippen molar-refractivity contribution in [1.82, 2.24) is 0 Å². The first kappa shape index (κ1) is 33.3. The van der Waals surface area contributed by atoms with Gasteiger partial charge in [0.2, 0.25) is 11.8 Å².